The van der Waals surface area contributed by atoms with E-state index in [0.29, 0.717) is 5.56 Å². The van der Waals surface area contributed by atoms with Crippen molar-refractivity contribution in [2.75, 3.05) is 0 Å². The Kier molecular flexibility index (Phi) is 3.65. The molecule has 0 bridgehead atoms. The molecule has 88 valence electrons. The summed E-state index contributed by atoms with van der Waals surface area (Å²) in [7, 11) is 0. The molecule has 2 aromatic rings. The number of oxime groups is 1. The zero-order chi connectivity index (χ0) is 12.3. The summed E-state index contributed by atoms with van der Waals surface area (Å²) >= 11 is 3.22. The van der Waals surface area contributed by atoms with E-state index in [-0.39, 0.29) is 5.84 Å². The van der Waals surface area contributed by atoms with Gasteiger partial charge in [-0.25, -0.2) is 4.98 Å². The molecule has 17 heavy (non-hydrogen) atoms. The molecule has 2 rings (SSSR count). The summed E-state index contributed by atoms with van der Waals surface area (Å²) in [6.07, 6.45) is 0. The van der Waals surface area contributed by atoms with Gasteiger partial charge in [-0.05, 0) is 19.1 Å². The number of nitrogens with zero attached hydrogens (tertiary/aromatic N) is 2. The molecule has 0 radical (unpaired) electrons. The third kappa shape index (κ3) is 2.98. The normalized spacial score (nSPS) is 11.7. The van der Waals surface area contributed by atoms with Gasteiger partial charge in [-0.3, -0.25) is 0 Å². The highest BCUT2D eigenvalue weighted by Crippen LogP contribution is 2.30. The molecule has 0 aliphatic heterocycles. The van der Waals surface area contributed by atoms with Gasteiger partial charge < -0.3 is 10.9 Å². The summed E-state index contributed by atoms with van der Waals surface area (Å²) in [5.41, 5.74) is 7.22. The van der Waals surface area contributed by atoms with Crippen LogP contribution in [0.1, 0.15) is 11.3 Å². The van der Waals surface area contributed by atoms with Gasteiger partial charge >= 0.3 is 0 Å². The van der Waals surface area contributed by atoms with Gasteiger partial charge in [-0.15, -0.1) is 11.3 Å². The van der Waals surface area contributed by atoms with E-state index < -0.39 is 0 Å². The molecule has 6 heteroatoms. The number of amidine groups is 1. The maximum absolute atomic E-state index is 8.54. The lowest BCUT2D eigenvalue weighted by molar-refractivity contribution is 0.318. The fourth-order valence-corrected chi connectivity index (χ4v) is 3.04. The predicted octanol–water partition coefficient (Wildman–Crippen LogP) is 2.70. The van der Waals surface area contributed by atoms with E-state index in [2.05, 4.69) is 10.1 Å². The first-order valence-electron chi connectivity index (χ1n) is 4.87. The molecule has 0 saturated carbocycles. The van der Waals surface area contributed by atoms with E-state index in [9.17, 15) is 0 Å². The molecule has 1 aromatic carbocycles. The molecule has 1 heterocycles. The van der Waals surface area contributed by atoms with Crippen molar-refractivity contribution in [1.29, 1.82) is 0 Å². The Morgan fingerprint density at radius 1 is 1.41 bits per heavy atom. The summed E-state index contributed by atoms with van der Waals surface area (Å²) in [5.74, 6) is 0.117. The van der Waals surface area contributed by atoms with Crippen LogP contribution in [-0.4, -0.2) is 16.0 Å². The molecule has 0 spiro atoms. The number of hydrogen-bond acceptors (Lipinski definition) is 5. The first-order chi connectivity index (χ1) is 8.19. The average Bonchev–Trinajstić information content (AvgIpc) is 2.75. The largest absolute Gasteiger partial charge is 0.409 e. The highest BCUT2D eigenvalue weighted by molar-refractivity contribution is 8.01. The van der Waals surface area contributed by atoms with E-state index in [1.54, 1.807) is 23.1 Å². The van der Waals surface area contributed by atoms with Gasteiger partial charge in [0.15, 0.2) is 10.2 Å². The first kappa shape index (κ1) is 11.9. The van der Waals surface area contributed by atoms with Crippen LogP contribution in [-0.2, 0) is 0 Å². The lowest BCUT2D eigenvalue weighted by Gasteiger charge is -2.00. The van der Waals surface area contributed by atoms with E-state index >= 15 is 0 Å². The molecule has 1 aromatic heterocycles. The Morgan fingerprint density at radius 3 is 2.65 bits per heavy atom. The number of nitrogens with two attached hydrogens (primary N) is 1. The molecule has 0 saturated heterocycles. The topological polar surface area (TPSA) is 71.5 Å². The molecule has 0 aliphatic rings. The monoisotopic (exact) mass is 265 g/mol. The molecule has 4 nitrogen and oxygen atoms in total. The van der Waals surface area contributed by atoms with Crippen LogP contribution in [0.4, 0.5) is 0 Å². The summed E-state index contributed by atoms with van der Waals surface area (Å²) in [6, 6.07) is 7.49. The van der Waals surface area contributed by atoms with Gasteiger partial charge in [-0.2, -0.15) is 0 Å². The molecule has 3 N–H and O–H groups in total. The van der Waals surface area contributed by atoms with Crippen molar-refractivity contribution in [3.8, 4) is 0 Å². The van der Waals surface area contributed by atoms with Crippen LogP contribution < -0.4 is 5.73 Å². The Labute approximate surface area is 107 Å². The van der Waals surface area contributed by atoms with Crippen molar-refractivity contribution in [2.24, 2.45) is 10.9 Å². The molecular weight excluding hydrogens is 254 g/mol. The maximum atomic E-state index is 8.54. The molecule has 0 unspecified atom stereocenters. The second kappa shape index (κ2) is 5.20. The zero-order valence-corrected chi connectivity index (χ0v) is 10.8. The van der Waals surface area contributed by atoms with Crippen LogP contribution in [0.15, 0.2) is 44.0 Å². The average molecular weight is 265 g/mol. The third-order valence-corrected chi connectivity index (χ3v) is 4.13. The van der Waals surface area contributed by atoms with Crippen molar-refractivity contribution in [3.63, 3.8) is 0 Å². The van der Waals surface area contributed by atoms with Crippen LogP contribution in [0.3, 0.4) is 0 Å². The second-order valence-corrected chi connectivity index (χ2v) is 5.55. The van der Waals surface area contributed by atoms with E-state index in [1.807, 2.05) is 36.6 Å². The lowest BCUT2D eigenvalue weighted by Crippen LogP contribution is -2.12. The SMILES string of the molecule is Cc1csc(Sc2ccc(/C(N)=N/O)cc2)n1. The van der Waals surface area contributed by atoms with E-state index in [4.69, 9.17) is 10.9 Å². The van der Waals surface area contributed by atoms with Crippen molar-refractivity contribution in [1.82, 2.24) is 4.98 Å². The number of benzene rings is 1. The Balaban J connectivity index is 2.13. The van der Waals surface area contributed by atoms with Crippen LogP contribution in [0, 0.1) is 6.92 Å². The maximum Gasteiger partial charge on any atom is 0.170 e. The molecule has 0 amide bonds. The second-order valence-electron chi connectivity index (χ2n) is 3.37. The first-order valence-corrected chi connectivity index (χ1v) is 6.56. The quantitative estimate of drug-likeness (QED) is 0.387. The summed E-state index contributed by atoms with van der Waals surface area (Å²) in [6.45, 7) is 1.97. The number of aryl methyl sites for hydroxylation is 1. The lowest BCUT2D eigenvalue weighted by atomic mass is 10.2. The Bertz CT molecular complexity index is 534. The smallest absolute Gasteiger partial charge is 0.170 e. The Morgan fingerprint density at radius 2 is 2.12 bits per heavy atom. The van der Waals surface area contributed by atoms with Gasteiger partial charge in [0.2, 0.25) is 0 Å². The van der Waals surface area contributed by atoms with Gasteiger partial charge in [0, 0.05) is 21.5 Å². The number of thiazole rings is 1. The molecule has 0 fully saturated rings. The zero-order valence-electron chi connectivity index (χ0n) is 9.12. The standard InChI is InChI=1S/C11H11N3OS2/c1-7-6-16-11(13-7)17-9-4-2-8(3-5-9)10(12)14-15/h2-6,15H,1H3,(H2,12,14). The fourth-order valence-electron chi connectivity index (χ4n) is 1.23. The number of aromatic nitrogens is 1. The number of hydrogen-bond donors (Lipinski definition) is 2. The third-order valence-electron chi connectivity index (χ3n) is 2.06. The fraction of sp³-hybridized carbons (Fsp3) is 0.0909. The highest BCUT2D eigenvalue weighted by atomic mass is 32.2. The number of rotatable bonds is 3. The van der Waals surface area contributed by atoms with Gasteiger partial charge in [0.1, 0.15) is 0 Å². The van der Waals surface area contributed by atoms with Crippen LogP contribution in [0.2, 0.25) is 0 Å². The van der Waals surface area contributed by atoms with Crippen molar-refractivity contribution < 1.29 is 5.21 Å². The highest BCUT2D eigenvalue weighted by Gasteiger charge is 2.03. The minimum absolute atomic E-state index is 0.117. The Hall–Kier alpha value is -1.53. The van der Waals surface area contributed by atoms with E-state index in [1.165, 1.54) is 0 Å². The van der Waals surface area contributed by atoms with Crippen molar-refractivity contribution in [3.05, 3.63) is 40.9 Å². The molecule has 0 aliphatic carbocycles. The molecular formula is C11H11N3OS2. The van der Waals surface area contributed by atoms with Gasteiger partial charge in [0.25, 0.3) is 0 Å². The minimum atomic E-state index is 0.117. The van der Waals surface area contributed by atoms with Crippen LogP contribution in [0.25, 0.3) is 0 Å². The predicted molar refractivity (Wildman–Crippen MR) is 69.9 cm³/mol. The van der Waals surface area contributed by atoms with Gasteiger partial charge in [-0.1, -0.05) is 29.1 Å². The van der Waals surface area contributed by atoms with Crippen LogP contribution in [0.5, 0.6) is 0 Å². The van der Waals surface area contributed by atoms with Crippen molar-refractivity contribution in [2.45, 2.75) is 16.2 Å². The van der Waals surface area contributed by atoms with Gasteiger partial charge in [0.05, 0.1) is 0 Å². The molecule has 0 atom stereocenters. The summed E-state index contributed by atoms with van der Waals surface area (Å²) < 4.78 is 1.01. The summed E-state index contributed by atoms with van der Waals surface area (Å²) in [4.78, 5) is 5.45. The minimum Gasteiger partial charge on any atom is -0.409 e. The van der Waals surface area contributed by atoms with E-state index in [0.717, 1.165) is 14.9 Å². The summed E-state index contributed by atoms with van der Waals surface area (Å²) in [5, 5.41) is 13.5. The van der Waals surface area contributed by atoms with Crippen LogP contribution >= 0.6 is 23.1 Å². The van der Waals surface area contributed by atoms with Crippen molar-refractivity contribution >= 4 is 28.9 Å².